The second kappa shape index (κ2) is 7.05. The lowest BCUT2D eigenvalue weighted by atomic mass is 10.0. The SMILES string of the molecule is CN(c1cccc(F)c1)c1cccc2c(C3=Cc4nccc(C(=O)O)c4C3)n(C)nc12. The van der Waals surface area contributed by atoms with Crippen LogP contribution in [0.15, 0.2) is 54.7 Å². The van der Waals surface area contributed by atoms with E-state index in [1.54, 1.807) is 6.07 Å². The number of aromatic nitrogens is 3. The highest BCUT2D eigenvalue weighted by atomic mass is 19.1. The van der Waals surface area contributed by atoms with Gasteiger partial charge >= 0.3 is 5.97 Å². The predicted molar refractivity (Wildman–Crippen MR) is 118 cm³/mol. The maximum absolute atomic E-state index is 13.7. The molecule has 0 radical (unpaired) electrons. The maximum Gasteiger partial charge on any atom is 0.336 e. The second-order valence-electron chi connectivity index (χ2n) is 7.56. The number of hydrogen-bond acceptors (Lipinski definition) is 4. The maximum atomic E-state index is 13.7. The molecule has 1 N–H and O–H groups in total. The number of aromatic carboxylic acids is 1. The van der Waals surface area contributed by atoms with E-state index in [-0.39, 0.29) is 11.4 Å². The van der Waals surface area contributed by atoms with Gasteiger partial charge in [-0.1, -0.05) is 18.2 Å². The molecular formula is C24H19FN4O2. The molecule has 6 nitrogen and oxygen atoms in total. The largest absolute Gasteiger partial charge is 0.478 e. The van der Waals surface area contributed by atoms with Crippen molar-refractivity contribution in [2.75, 3.05) is 11.9 Å². The van der Waals surface area contributed by atoms with Crippen LogP contribution < -0.4 is 4.90 Å². The quantitative estimate of drug-likeness (QED) is 0.525. The van der Waals surface area contributed by atoms with Crippen LogP contribution in [0.5, 0.6) is 0 Å². The minimum atomic E-state index is -0.956. The number of carboxylic acids is 1. The molecule has 0 spiro atoms. The topological polar surface area (TPSA) is 71.2 Å². The number of rotatable bonds is 4. The summed E-state index contributed by atoms with van der Waals surface area (Å²) in [6.07, 6.45) is 3.93. The summed E-state index contributed by atoms with van der Waals surface area (Å²) in [5, 5.41) is 15.2. The molecule has 5 rings (SSSR count). The molecule has 0 saturated carbocycles. The van der Waals surface area contributed by atoms with Crippen LogP contribution >= 0.6 is 0 Å². The van der Waals surface area contributed by atoms with Gasteiger partial charge in [0.25, 0.3) is 0 Å². The lowest BCUT2D eigenvalue weighted by molar-refractivity contribution is 0.0695. The molecule has 0 amide bonds. The van der Waals surface area contributed by atoms with Gasteiger partial charge < -0.3 is 10.0 Å². The van der Waals surface area contributed by atoms with Gasteiger partial charge in [-0.2, -0.15) is 5.10 Å². The summed E-state index contributed by atoms with van der Waals surface area (Å²) >= 11 is 0. The van der Waals surface area contributed by atoms with Gasteiger partial charge in [-0.3, -0.25) is 9.67 Å². The fraction of sp³-hybridized carbons (Fsp3) is 0.125. The van der Waals surface area contributed by atoms with E-state index in [4.69, 9.17) is 5.10 Å². The molecule has 2 aromatic carbocycles. The zero-order valence-corrected chi connectivity index (χ0v) is 17.0. The molecule has 31 heavy (non-hydrogen) atoms. The Hall–Kier alpha value is -4.00. The average molecular weight is 414 g/mol. The van der Waals surface area contributed by atoms with Gasteiger partial charge in [0.15, 0.2) is 0 Å². The molecule has 4 aromatic rings. The Bertz CT molecular complexity index is 1390. The highest BCUT2D eigenvalue weighted by Crippen LogP contribution is 2.38. The van der Waals surface area contributed by atoms with Gasteiger partial charge in [0.05, 0.1) is 22.6 Å². The van der Waals surface area contributed by atoms with Crippen molar-refractivity contribution in [1.82, 2.24) is 14.8 Å². The van der Waals surface area contributed by atoms with Crippen molar-refractivity contribution in [2.24, 2.45) is 7.05 Å². The van der Waals surface area contributed by atoms with Crippen molar-refractivity contribution in [3.8, 4) is 0 Å². The van der Waals surface area contributed by atoms with E-state index in [2.05, 4.69) is 4.98 Å². The highest BCUT2D eigenvalue weighted by molar-refractivity contribution is 6.04. The first-order valence-corrected chi connectivity index (χ1v) is 9.81. The Morgan fingerprint density at radius 3 is 2.77 bits per heavy atom. The summed E-state index contributed by atoms with van der Waals surface area (Å²) in [5.74, 6) is -1.25. The normalized spacial score (nSPS) is 12.7. The summed E-state index contributed by atoms with van der Waals surface area (Å²) in [6, 6.07) is 13.9. The number of carboxylic acid groups (broad SMARTS) is 1. The van der Waals surface area contributed by atoms with E-state index in [0.717, 1.165) is 33.5 Å². The number of halogens is 1. The van der Waals surface area contributed by atoms with Crippen molar-refractivity contribution in [2.45, 2.75) is 6.42 Å². The molecule has 0 saturated heterocycles. The number of benzene rings is 2. The number of anilines is 2. The average Bonchev–Trinajstić information content (AvgIpc) is 3.32. The first-order chi connectivity index (χ1) is 14.9. The van der Waals surface area contributed by atoms with Crippen LogP contribution in [0, 0.1) is 5.82 Å². The molecule has 0 bridgehead atoms. The molecule has 1 aliphatic rings. The fourth-order valence-electron chi connectivity index (χ4n) is 4.25. The van der Waals surface area contributed by atoms with E-state index in [1.165, 1.54) is 24.4 Å². The Kier molecular flexibility index (Phi) is 4.32. The van der Waals surface area contributed by atoms with E-state index in [0.29, 0.717) is 17.7 Å². The Balaban J connectivity index is 1.61. The minimum Gasteiger partial charge on any atom is -0.478 e. The summed E-state index contributed by atoms with van der Waals surface area (Å²) in [7, 11) is 3.75. The zero-order chi connectivity index (χ0) is 21.7. The fourth-order valence-corrected chi connectivity index (χ4v) is 4.25. The number of allylic oxidation sites excluding steroid dienone is 1. The lowest BCUT2D eigenvalue weighted by Gasteiger charge is -2.19. The smallest absolute Gasteiger partial charge is 0.336 e. The molecule has 1 aliphatic carbocycles. The molecule has 0 aliphatic heterocycles. The first kappa shape index (κ1) is 19.0. The van der Waals surface area contributed by atoms with Gasteiger partial charge in [-0.05, 0) is 47.5 Å². The van der Waals surface area contributed by atoms with Crippen molar-refractivity contribution in [3.05, 3.63) is 83.1 Å². The van der Waals surface area contributed by atoms with Gasteiger partial charge in [-0.25, -0.2) is 9.18 Å². The van der Waals surface area contributed by atoms with E-state index >= 15 is 0 Å². The Labute approximate surface area is 177 Å². The standard InChI is InChI=1S/C24H19FN4O2/c1-28(16-6-3-5-15(25)13-16)21-8-4-7-18-22(21)27-29(2)23(18)14-11-19-17(24(30)31)9-10-26-20(19)12-14/h3-10,12-13H,11H2,1-2H3,(H,30,31). The molecule has 0 fully saturated rings. The Morgan fingerprint density at radius 2 is 2.00 bits per heavy atom. The molecule has 0 atom stereocenters. The van der Waals surface area contributed by atoms with Gasteiger partial charge in [0.1, 0.15) is 11.3 Å². The Morgan fingerprint density at radius 1 is 1.19 bits per heavy atom. The highest BCUT2D eigenvalue weighted by Gasteiger charge is 2.25. The summed E-state index contributed by atoms with van der Waals surface area (Å²) in [6.45, 7) is 0. The molecule has 2 aromatic heterocycles. The number of aryl methyl sites for hydroxylation is 1. The van der Waals surface area contributed by atoms with Gasteiger partial charge in [0.2, 0.25) is 0 Å². The first-order valence-electron chi connectivity index (χ1n) is 9.81. The molecule has 154 valence electrons. The summed E-state index contributed by atoms with van der Waals surface area (Å²) < 4.78 is 15.6. The number of hydrogen-bond donors (Lipinski definition) is 1. The minimum absolute atomic E-state index is 0.272. The number of carbonyl (C=O) groups is 1. The van der Waals surface area contributed by atoms with E-state index in [1.807, 2.05) is 54.0 Å². The predicted octanol–water partition coefficient (Wildman–Crippen LogP) is 4.67. The van der Waals surface area contributed by atoms with Crippen LogP contribution in [0.1, 0.15) is 27.3 Å². The monoisotopic (exact) mass is 414 g/mol. The third-order valence-electron chi connectivity index (χ3n) is 5.70. The van der Waals surface area contributed by atoms with E-state index in [9.17, 15) is 14.3 Å². The number of fused-ring (bicyclic) bond motifs is 2. The van der Waals surface area contributed by atoms with Crippen molar-refractivity contribution < 1.29 is 14.3 Å². The third kappa shape index (κ3) is 3.06. The lowest BCUT2D eigenvalue weighted by Crippen LogP contribution is -2.10. The number of nitrogens with zero attached hydrogens (tertiary/aromatic N) is 4. The second-order valence-corrected chi connectivity index (χ2v) is 7.56. The summed E-state index contributed by atoms with van der Waals surface area (Å²) in [5.41, 5.74) is 5.91. The van der Waals surface area contributed by atoms with Crippen LogP contribution in [-0.2, 0) is 13.5 Å². The molecule has 0 unspecified atom stereocenters. The van der Waals surface area contributed by atoms with Crippen molar-refractivity contribution in [1.29, 1.82) is 0 Å². The van der Waals surface area contributed by atoms with Crippen LogP contribution in [0.2, 0.25) is 0 Å². The van der Waals surface area contributed by atoms with Crippen LogP contribution in [0.3, 0.4) is 0 Å². The van der Waals surface area contributed by atoms with Crippen molar-refractivity contribution >= 4 is 39.9 Å². The van der Waals surface area contributed by atoms with Crippen molar-refractivity contribution in [3.63, 3.8) is 0 Å². The zero-order valence-electron chi connectivity index (χ0n) is 17.0. The van der Waals surface area contributed by atoms with Crippen LogP contribution in [0.4, 0.5) is 15.8 Å². The summed E-state index contributed by atoms with van der Waals surface area (Å²) in [4.78, 5) is 17.9. The van der Waals surface area contributed by atoms with Gasteiger partial charge in [-0.15, -0.1) is 0 Å². The van der Waals surface area contributed by atoms with Crippen LogP contribution in [-0.4, -0.2) is 32.9 Å². The molecule has 2 heterocycles. The molecular weight excluding hydrogens is 395 g/mol. The third-order valence-corrected chi connectivity index (χ3v) is 5.70. The van der Waals surface area contributed by atoms with Gasteiger partial charge in [0, 0.05) is 37.8 Å². The number of pyridine rings is 1. The van der Waals surface area contributed by atoms with Crippen LogP contribution in [0.25, 0.3) is 22.6 Å². The van der Waals surface area contributed by atoms with E-state index < -0.39 is 5.97 Å². The molecule has 7 heteroatoms.